The number of hydrogen-bond donors (Lipinski definition) is 1. The molecule has 0 aliphatic rings. The molecule has 0 fully saturated rings. The lowest BCUT2D eigenvalue weighted by atomic mass is 10.2. The Balaban J connectivity index is 3.50. The lowest BCUT2D eigenvalue weighted by molar-refractivity contribution is -0.0495. The summed E-state index contributed by atoms with van der Waals surface area (Å²) in [6, 6.07) is 0. The summed E-state index contributed by atoms with van der Waals surface area (Å²) < 4.78 is 5.05. The van der Waals surface area contributed by atoms with Crippen molar-refractivity contribution in [2.45, 2.75) is 32.5 Å². The van der Waals surface area contributed by atoms with Crippen molar-refractivity contribution in [3.05, 3.63) is 0 Å². The van der Waals surface area contributed by atoms with Gasteiger partial charge in [0.1, 0.15) is 6.10 Å². The molecular formula is C6H15NO2. The molecule has 9 heavy (non-hydrogen) atoms. The Morgan fingerprint density at radius 2 is 2.11 bits per heavy atom. The fourth-order valence-corrected chi connectivity index (χ4v) is 0.778. The van der Waals surface area contributed by atoms with Crippen LogP contribution in [0.3, 0.4) is 0 Å². The lowest BCUT2D eigenvalue weighted by Crippen LogP contribution is -2.29. The molecule has 56 valence electrons. The summed E-state index contributed by atoms with van der Waals surface area (Å²) in [6.45, 7) is 3.92. The van der Waals surface area contributed by atoms with E-state index >= 15 is 0 Å². The first-order valence-electron chi connectivity index (χ1n) is 3.14. The highest BCUT2D eigenvalue weighted by molar-refractivity contribution is 4.61. The zero-order chi connectivity index (χ0) is 7.28. The summed E-state index contributed by atoms with van der Waals surface area (Å²) in [4.78, 5) is 4.57. The predicted octanol–water partition coefficient (Wildman–Crippen LogP) is 0.690. The first-order chi connectivity index (χ1) is 4.26. The van der Waals surface area contributed by atoms with Crippen molar-refractivity contribution in [1.29, 1.82) is 0 Å². The third-order valence-corrected chi connectivity index (χ3v) is 1.44. The average molecular weight is 133 g/mol. The Hall–Kier alpha value is -0.120. The first kappa shape index (κ1) is 8.88. The van der Waals surface area contributed by atoms with E-state index in [-0.39, 0.29) is 12.2 Å². The molecule has 0 radical (unpaired) electrons. The largest absolute Gasteiger partial charge is 0.379 e. The molecule has 0 aliphatic heterocycles. The van der Waals surface area contributed by atoms with Gasteiger partial charge in [-0.25, -0.2) is 5.90 Å². The minimum atomic E-state index is -0.0139. The van der Waals surface area contributed by atoms with Crippen molar-refractivity contribution in [2.24, 2.45) is 5.90 Å². The normalized spacial score (nSPS) is 17.3. The van der Waals surface area contributed by atoms with Crippen LogP contribution >= 0.6 is 0 Å². The molecule has 2 unspecified atom stereocenters. The van der Waals surface area contributed by atoms with Gasteiger partial charge < -0.3 is 4.74 Å². The van der Waals surface area contributed by atoms with Crippen LogP contribution in [0.1, 0.15) is 20.3 Å². The fourth-order valence-electron chi connectivity index (χ4n) is 0.778. The monoisotopic (exact) mass is 133 g/mol. The van der Waals surface area contributed by atoms with Crippen LogP contribution in [0.25, 0.3) is 0 Å². The van der Waals surface area contributed by atoms with Gasteiger partial charge in [0.2, 0.25) is 0 Å². The first-order valence-corrected chi connectivity index (χ1v) is 3.14. The molecule has 3 nitrogen and oxygen atoms in total. The van der Waals surface area contributed by atoms with E-state index < -0.39 is 0 Å². The topological polar surface area (TPSA) is 44.5 Å². The third kappa shape index (κ3) is 2.79. The molecule has 0 aromatic rings. The molecule has 0 aliphatic carbocycles. The van der Waals surface area contributed by atoms with Crippen molar-refractivity contribution in [1.82, 2.24) is 0 Å². The van der Waals surface area contributed by atoms with Crippen molar-refractivity contribution < 1.29 is 9.57 Å². The fraction of sp³-hybridized carbons (Fsp3) is 1.00. The van der Waals surface area contributed by atoms with Gasteiger partial charge in [0.25, 0.3) is 0 Å². The van der Waals surface area contributed by atoms with Crippen LogP contribution in [0.2, 0.25) is 0 Å². The maximum absolute atomic E-state index is 5.05. The van der Waals surface area contributed by atoms with Crippen LogP contribution in [0.15, 0.2) is 0 Å². The van der Waals surface area contributed by atoms with Crippen LogP contribution in [0, 0.1) is 0 Å². The molecule has 0 aromatic heterocycles. The number of methoxy groups -OCH3 is 1. The Bertz CT molecular complexity index is 64.1. The molecule has 0 rings (SSSR count). The number of rotatable bonds is 4. The second kappa shape index (κ2) is 4.73. The molecule has 2 N–H and O–H groups in total. The summed E-state index contributed by atoms with van der Waals surface area (Å²) >= 11 is 0. The summed E-state index contributed by atoms with van der Waals surface area (Å²) in [7, 11) is 1.66. The lowest BCUT2D eigenvalue weighted by Gasteiger charge is -2.18. The standard InChI is InChI=1S/C6H15NO2/c1-4-6(8-3)5(2)9-7/h5-6H,4,7H2,1-3H3. The van der Waals surface area contributed by atoms with Crippen molar-refractivity contribution in [2.75, 3.05) is 7.11 Å². The molecule has 0 bridgehead atoms. The van der Waals surface area contributed by atoms with E-state index in [0.29, 0.717) is 0 Å². The summed E-state index contributed by atoms with van der Waals surface area (Å²) in [5, 5.41) is 0. The van der Waals surface area contributed by atoms with Gasteiger partial charge in [-0.3, -0.25) is 4.84 Å². The van der Waals surface area contributed by atoms with E-state index in [4.69, 9.17) is 10.6 Å². The summed E-state index contributed by atoms with van der Waals surface area (Å²) in [5.74, 6) is 4.94. The Labute approximate surface area is 56.1 Å². The van der Waals surface area contributed by atoms with Crippen molar-refractivity contribution >= 4 is 0 Å². The molecular weight excluding hydrogens is 118 g/mol. The van der Waals surface area contributed by atoms with Gasteiger partial charge in [-0.05, 0) is 13.3 Å². The number of nitrogens with two attached hydrogens (primary N) is 1. The SMILES string of the molecule is CCC(OC)C(C)ON. The maximum atomic E-state index is 5.05. The van der Waals surface area contributed by atoms with E-state index in [1.54, 1.807) is 7.11 Å². The molecule has 2 atom stereocenters. The van der Waals surface area contributed by atoms with E-state index in [9.17, 15) is 0 Å². The molecule has 0 aromatic carbocycles. The Kier molecular flexibility index (Phi) is 4.67. The van der Waals surface area contributed by atoms with Crippen molar-refractivity contribution in [3.63, 3.8) is 0 Å². The smallest absolute Gasteiger partial charge is 0.102 e. The van der Waals surface area contributed by atoms with Crippen LogP contribution in [0.5, 0.6) is 0 Å². The Morgan fingerprint density at radius 3 is 2.22 bits per heavy atom. The second-order valence-electron chi connectivity index (χ2n) is 2.02. The highest BCUT2D eigenvalue weighted by Gasteiger charge is 2.12. The van der Waals surface area contributed by atoms with Crippen LogP contribution in [0.4, 0.5) is 0 Å². The number of hydrogen-bond acceptors (Lipinski definition) is 3. The van der Waals surface area contributed by atoms with E-state index in [0.717, 1.165) is 6.42 Å². The zero-order valence-electron chi connectivity index (χ0n) is 6.26. The highest BCUT2D eigenvalue weighted by Crippen LogP contribution is 2.03. The number of ether oxygens (including phenoxy) is 1. The molecule has 0 saturated carbocycles. The summed E-state index contributed by atoms with van der Waals surface area (Å²) in [6.07, 6.45) is 1.03. The minimum Gasteiger partial charge on any atom is -0.379 e. The van der Waals surface area contributed by atoms with Gasteiger partial charge >= 0.3 is 0 Å². The van der Waals surface area contributed by atoms with Gasteiger partial charge in [0.15, 0.2) is 0 Å². The van der Waals surface area contributed by atoms with Gasteiger partial charge in [-0.15, -0.1) is 0 Å². The van der Waals surface area contributed by atoms with Crippen LogP contribution < -0.4 is 5.90 Å². The van der Waals surface area contributed by atoms with Gasteiger partial charge in [-0.1, -0.05) is 6.92 Å². The zero-order valence-corrected chi connectivity index (χ0v) is 6.26. The molecule has 0 saturated heterocycles. The van der Waals surface area contributed by atoms with Gasteiger partial charge in [-0.2, -0.15) is 0 Å². The predicted molar refractivity (Wildman–Crippen MR) is 35.8 cm³/mol. The summed E-state index contributed by atoms with van der Waals surface area (Å²) in [5.41, 5.74) is 0. The van der Waals surface area contributed by atoms with Crippen molar-refractivity contribution in [3.8, 4) is 0 Å². The van der Waals surface area contributed by atoms with Gasteiger partial charge in [0, 0.05) is 7.11 Å². The molecule has 0 amide bonds. The molecule has 3 heteroatoms. The average Bonchev–Trinajstić information content (AvgIpc) is 1.90. The van der Waals surface area contributed by atoms with Crippen LogP contribution in [-0.2, 0) is 9.57 Å². The van der Waals surface area contributed by atoms with Crippen LogP contribution in [-0.4, -0.2) is 19.3 Å². The van der Waals surface area contributed by atoms with E-state index in [1.807, 2.05) is 13.8 Å². The van der Waals surface area contributed by atoms with E-state index in [1.165, 1.54) is 0 Å². The maximum Gasteiger partial charge on any atom is 0.102 e. The third-order valence-electron chi connectivity index (χ3n) is 1.44. The molecule has 0 heterocycles. The van der Waals surface area contributed by atoms with E-state index in [2.05, 4.69) is 4.84 Å². The quantitative estimate of drug-likeness (QED) is 0.574. The minimum absolute atomic E-state index is 0.0139. The van der Waals surface area contributed by atoms with Gasteiger partial charge in [0.05, 0.1) is 6.10 Å². The Morgan fingerprint density at radius 1 is 1.56 bits per heavy atom. The second-order valence-corrected chi connectivity index (χ2v) is 2.02. The highest BCUT2D eigenvalue weighted by atomic mass is 16.6. The molecule has 0 spiro atoms.